The first-order valence-corrected chi connectivity index (χ1v) is 9.58. The lowest BCUT2D eigenvalue weighted by molar-refractivity contribution is 0.0770. The number of ether oxygens (including phenoxy) is 1. The molecule has 148 valence electrons. The standard InChI is InChI=1S/C25H25NO3/c1-26(17-19-9-5-3-6-10-19)18-23(24(27)20-11-7-4-8-12-20)25(28)21-13-15-22(29-2)16-14-21/h3-16,23H,17-18H2,1-2H3. The molecule has 4 heteroatoms. The molecule has 0 N–H and O–H groups in total. The van der Waals surface area contributed by atoms with Gasteiger partial charge in [-0.25, -0.2) is 0 Å². The van der Waals surface area contributed by atoms with Crippen LogP contribution in [0.1, 0.15) is 26.3 Å². The lowest BCUT2D eigenvalue weighted by Gasteiger charge is -2.23. The van der Waals surface area contributed by atoms with E-state index in [1.807, 2.05) is 60.5 Å². The fourth-order valence-corrected chi connectivity index (χ4v) is 3.32. The quantitative estimate of drug-likeness (QED) is 0.400. The van der Waals surface area contributed by atoms with Gasteiger partial charge in [-0.3, -0.25) is 9.59 Å². The van der Waals surface area contributed by atoms with Crippen molar-refractivity contribution in [2.24, 2.45) is 5.92 Å². The molecule has 1 atom stereocenters. The summed E-state index contributed by atoms with van der Waals surface area (Å²) in [6, 6.07) is 25.9. The largest absolute Gasteiger partial charge is 0.497 e. The van der Waals surface area contributed by atoms with Gasteiger partial charge in [0.2, 0.25) is 0 Å². The van der Waals surface area contributed by atoms with Gasteiger partial charge in [-0.15, -0.1) is 0 Å². The molecule has 29 heavy (non-hydrogen) atoms. The minimum atomic E-state index is -0.778. The number of methoxy groups -OCH3 is 1. The smallest absolute Gasteiger partial charge is 0.174 e. The van der Waals surface area contributed by atoms with Gasteiger partial charge in [0.25, 0.3) is 0 Å². The third-order valence-electron chi connectivity index (χ3n) is 4.86. The van der Waals surface area contributed by atoms with Crippen molar-refractivity contribution in [2.45, 2.75) is 6.54 Å². The molecule has 3 aromatic carbocycles. The SMILES string of the molecule is COc1ccc(C(=O)C(CN(C)Cc2ccccc2)C(=O)c2ccccc2)cc1. The van der Waals surface area contributed by atoms with Gasteiger partial charge in [-0.1, -0.05) is 60.7 Å². The van der Waals surface area contributed by atoms with Crippen molar-refractivity contribution in [3.8, 4) is 5.75 Å². The maximum Gasteiger partial charge on any atom is 0.174 e. The summed E-state index contributed by atoms with van der Waals surface area (Å²) in [5.74, 6) is -0.444. The molecule has 0 bridgehead atoms. The summed E-state index contributed by atoms with van der Waals surface area (Å²) in [4.78, 5) is 28.5. The highest BCUT2D eigenvalue weighted by molar-refractivity contribution is 6.16. The zero-order valence-corrected chi connectivity index (χ0v) is 16.7. The van der Waals surface area contributed by atoms with Crippen LogP contribution in [0.5, 0.6) is 5.75 Å². The van der Waals surface area contributed by atoms with Crippen molar-refractivity contribution >= 4 is 11.6 Å². The molecule has 0 saturated carbocycles. The topological polar surface area (TPSA) is 46.6 Å². The summed E-state index contributed by atoms with van der Waals surface area (Å²) in [6.07, 6.45) is 0. The van der Waals surface area contributed by atoms with Gasteiger partial charge in [-0.05, 0) is 36.9 Å². The van der Waals surface area contributed by atoms with E-state index in [1.165, 1.54) is 0 Å². The highest BCUT2D eigenvalue weighted by Gasteiger charge is 2.29. The Kier molecular flexibility index (Phi) is 6.93. The van der Waals surface area contributed by atoms with Crippen LogP contribution in [0.2, 0.25) is 0 Å². The number of carbonyl (C=O) groups excluding carboxylic acids is 2. The number of rotatable bonds is 9. The maximum atomic E-state index is 13.3. The second kappa shape index (κ2) is 9.80. The molecule has 0 aliphatic rings. The molecule has 0 aliphatic heterocycles. The van der Waals surface area contributed by atoms with Crippen LogP contribution >= 0.6 is 0 Å². The molecule has 4 nitrogen and oxygen atoms in total. The number of carbonyl (C=O) groups is 2. The highest BCUT2D eigenvalue weighted by atomic mass is 16.5. The zero-order chi connectivity index (χ0) is 20.6. The number of Topliss-reactive ketones (excluding diaryl/α,β-unsaturated/α-hetero) is 2. The predicted octanol–water partition coefficient (Wildman–Crippen LogP) is 4.51. The molecule has 0 aromatic heterocycles. The highest BCUT2D eigenvalue weighted by Crippen LogP contribution is 2.20. The third-order valence-corrected chi connectivity index (χ3v) is 4.86. The summed E-state index contributed by atoms with van der Waals surface area (Å²) in [5, 5.41) is 0. The molecule has 0 fully saturated rings. The molecule has 0 amide bonds. The summed E-state index contributed by atoms with van der Waals surface area (Å²) < 4.78 is 5.17. The average molecular weight is 387 g/mol. The molecular weight excluding hydrogens is 362 g/mol. The molecule has 0 saturated heterocycles. The molecule has 0 aliphatic carbocycles. The monoisotopic (exact) mass is 387 g/mol. The summed E-state index contributed by atoms with van der Waals surface area (Å²) >= 11 is 0. The second-order valence-electron chi connectivity index (χ2n) is 7.06. The Morgan fingerprint density at radius 2 is 1.31 bits per heavy atom. The van der Waals surface area contributed by atoms with Crippen molar-refractivity contribution in [1.29, 1.82) is 0 Å². The number of hydrogen-bond acceptors (Lipinski definition) is 4. The maximum absolute atomic E-state index is 13.3. The van der Waals surface area contributed by atoms with Gasteiger partial charge in [0, 0.05) is 24.2 Å². The van der Waals surface area contributed by atoms with Crippen LogP contribution in [0.3, 0.4) is 0 Å². The van der Waals surface area contributed by atoms with Gasteiger partial charge in [0.05, 0.1) is 13.0 Å². The van der Waals surface area contributed by atoms with Crippen LogP contribution in [0.15, 0.2) is 84.9 Å². The third kappa shape index (κ3) is 5.39. The van der Waals surface area contributed by atoms with Crippen LogP contribution in [-0.4, -0.2) is 37.2 Å². The van der Waals surface area contributed by atoms with E-state index in [0.29, 0.717) is 30.0 Å². The normalized spacial score (nSPS) is 11.8. The van der Waals surface area contributed by atoms with E-state index < -0.39 is 5.92 Å². The first kappa shape index (κ1) is 20.5. The van der Waals surface area contributed by atoms with Crippen molar-refractivity contribution in [3.05, 3.63) is 102 Å². The Bertz CT molecular complexity index is 937. The minimum Gasteiger partial charge on any atom is -0.497 e. The van der Waals surface area contributed by atoms with Crippen LogP contribution in [0.4, 0.5) is 0 Å². The van der Waals surface area contributed by atoms with Crippen LogP contribution in [0.25, 0.3) is 0 Å². The molecule has 0 radical (unpaired) electrons. The van der Waals surface area contributed by atoms with E-state index >= 15 is 0 Å². The number of ketones is 2. The Morgan fingerprint density at radius 1 is 0.793 bits per heavy atom. The molecule has 3 aromatic rings. The fraction of sp³-hybridized carbons (Fsp3) is 0.200. The van der Waals surface area contributed by atoms with E-state index in [2.05, 4.69) is 0 Å². The van der Waals surface area contributed by atoms with E-state index in [0.717, 1.165) is 5.56 Å². The molecule has 0 spiro atoms. The van der Waals surface area contributed by atoms with Crippen LogP contribution in [-0.2, 0) is 6.54 Å². The summed E-state index contributed by atoms with van der Waals surface area (Å²) in [6.45, 7) is 1.00. The van der Waals surface area contributed by atoms with E-state index in [9.17, 15) is 9.59 Å². The van der Waals surface area contributed by atoms with Gasteiger partial charge < -0.3 is 9.64 Å². The molecule has 0 heterocycles. The van der Waals surface area contributed by atoms with Gasteiger partial charge in [-0.2, -0.15) is 0 Å². The number of nitrogens with zero attached hydrogens (tertiary/aromatic N) is 1. The van der Waals surface area contributed by atoms with Crippen LogP contribution < -0.4 is 4.74 Å². The fourth-order valence-electron chi connectivity index (χ4n) is 3.32. The summed E-state index contributed by atoms with van der Waals surface area (Å²) in [5.41, 5.74) is 2.19. The van der Waals surface area contributed by atoms with Gasteiger partial charge in [0.1, 0.15) is 5.75 Å². The Hall–Kier alpha value is -3.24. The minimum absolute atomic E-state index is 0.161. The van der Waals surface area contributed by atoms with Gasteiger partial charge in [0.15, 0.2) is 11.6 Å². The van der Waals surface area contributed by atoms with Gasteiger partial charge >= 0.3 is 0 Å². The van der Waals surface area contributed by atoms with E-state index in [-0.39, 0.29) is 11.6 Å². The molecule has 1 unspecified atom stereocenters. The Balaban J connectivity index is 1.84. The van der Waals surface area contributed by atoms with Crippen molar-refractivity contribution in [1.82, 2.24) is 4.90 Å². The van der Waals surface area contributed by atoms with Crippen molar-refractivity contribution in [3.63, 3.8) is 0 Å². The molecular formula is C25H25NO3. The van der Waals surface area contributed by atoms with E-state index in [4.69, 9.17) is 4.74 Å². The van der Waals surface area contributed by atoms with Crippen LogP contribution in [0, 0.1) is 5.92 Å². The van der Waals surface area contributed by atoms with E-state index in [1.54, 1.807) is 43.5 Å². The van der Waals surface area contributed by atoms with Crippen molar-refractivity contribution in [2.75, 3.05) is 20.7 Å². The summed E-state index contributed by atoms with van der Waals surface area (Å²) in [7, 11) is 3.51. The number of hydrogen-bond donors (Lipinski definition) is 0. The Morgan fingerprint density at radius 3 is 1.86 bits per heavy atom. The number of benzene rings is 3. The average Bonchev–Trinajstić information content (AvgIpc) is 2.78. The molecule has 3 rings (SSSR count). The first-order valence-electron chi connectivity index (χ1n) is 9.58. The first-order chi connectivity index (χ1) is 14.1. The second-order valence-corrected chi connectivity index (χ2v) is 7.06. The zero-order valence-electron chi connectivity index (χ0n) is 16.7. The lowest BCUT2D eigenvalue weighted by atomic mass is 9.89. The lowest BCUT2D eigenvalue weighted by Crippen LogP contribution is -2.35. The predicted molar refractivity (Wildman–Crippen MR) is 114 cm³/mol. The Labute approximate surface area is 171 Å². The van der Waals surface area contributed by atoms with Crippen molar-refractivity contribution < 1.29 is 14.3 Å².